The molecular formula is C19H18Br2O4. The van der Waals surface area contributed by atoms with Crippen LogP contribution in [-0.4, -0.2) is 24.1 Å². The van der Waals surface area contributed by atoms with Crippen LogP contribution >= 0.6 is 31.9 Å². The molecule has 132 valence electrons. The van der Waals surface area contributed by atoms with Gasteiger partial charge in [-0.05, 0) is 62.4 Å². The molecule has 0 spiro atoms. The van der Waals surface area contributed by atoms with Gasteiger partial charge in [-0.1, -0.05) is 31.9 Å². The SMILES string of the molecule is CC(CC(C)OC(=O)c1ccc(Br)cc1)OC(=O)c1ccc(Br)cc1. The van der Waals surface area contributed by atoms with Gasteiger partial charge in [0.25, 0.3) is 0 Å². The summed E-state index contributed by atoms with van der Waals surface area (Å²) in [6, 6.07) is 13.9. The molecule has 0 saturated heterocycles. The third kappa shape index (κ3) is 6.29. The van der Waals surface area contributed by atoms with Crippen molar-refractivity contribution in [1.29, 1.82) is 0 Å². The zero-order valence-corrected chi connectivity index (χ0v) is 17.0. The van der Waals surface area contributed by atoms with Crippen LogP contribution in [0, 0.1) is 0 Å². The number of esters is 2. The van der Waals surface area contributed by atoms with Gasteiger partial charge >= 0.3 is 11.9 Å². The Labute approximate surface area is 163 Å². The molecule has 0 radical (unpaired) electrons. The first-order valence-corrected chi connectivity index (χ1v) is 9.37. The molecule has 0 aliphatic carbocycles. The van der Waals surface area contributed by atoms with E-state index in [1.807, 2.05) is 0 Å². The van der Waals surface area contributed by atoms with E-state index in [0.29, 0.717) is 17.5 Å². The van der Waals surface area contributed by atoms with Crippen LogP contribution in [0.4, 0.5) is 0 Å². The highest BCUT2D eigenvalue weighted by molar-refractivity contribution is 9.10. The number of carbonyl (C=O) groups is 2. The Morgan fingerprint density at radius 1 is 0.760 bits per heavy atom. The van der Waals surface area contributed by atoms with Crippen LogP contribution in [-0.2, 0) is 9.47 Å². The molecule has 2 rings (SSSR count). The molecule has 0 saturated carbocycles. The number of hydrogen-bond acceptors (Lipinski definition) is 4. The van der Waals surface area contributed by atoms with Gasteiger partial charge in [0, 0.05) is 15.4 Å². The van der Waals surface area contributed by atoms with E-state index in [1.165, 1.54) is 0 Å². The maximum atomic E-state index is 12.1. The number of ether oxygens (including phenoxy) is 2. The van der Waals surface area contributed by atoms with Gasteiger partial charge in [-0.15, -0.1) is 0 Å². The number of halogens is 2. The van der Waals surface area contributed by atoms with Gasteiger partial charge in [0.2, 0.25) is 0 Å². The molecule has 0 fully saturated rings. The van der Waals surface area contributed by atoms with Gasteiger partial charge < -0.3 is 9.47 Å². The lowest BCUT2D eigenvalue weighted by Gasteiger charge is -2.18. The largest absolute Gasteiger partial charge is 0.459 e. The summed E-state index contributed by atoms with van der Waals surface area (Å²) in [6.45, 7) is 3.56. The van der Waals surface area contributed by atoms with Crippen LogP contribution in [0.25, 0.3) is 0 Å². The monoisotopic (exact) mass is 468 g/mol. The smallest absolute Gasteiger partial charge is 0.338 e. The minimum atomic E-state index is -0.397. The molecule has 2 atom stereocenters. The van der Waals surface area contributed by atoms with Crippen LogP contribution in [0.1, 0.15) is 41.0 Å². The predicted octanol–water partition coefficient (Wildman–Crippen LogP) is 5.39. The lowest BCUT2D eigenvalue weighted by atomic mass is 10.2. The average molecular weight is 470 g/mol. The highest BCUT2D eigenvalue weighted by Crippen LogP contribution is 2.15. The number of hydrogen-bond donors (Lipinski definition) is 0. The molecule has 0 aliphatic heterocycles. The lowest BCUT2D eigenvalue weighted by molar-refractivity contribution is 0.00764. The second kappa shape index (κ2) is 9.15. The summed E-state index contributed by atoms with van der Waals surface area (Å²) in [6.07, 6.45) is -0.322. The first kappa shape index (κ1) is 19.7. The Kier molecular flexibility index (Phi) is 7.20. The van der Waals surface area contributed by atoms with Crippen LogP contribution in [0.2, 0.25) is 0 Å². The van der Waals surface area contributed by atoms with Gasteiger partial charge in [0.15, 0.2) is 0 Å². The van der Waals surface area contributed by atoms with E-state index in [1.54, 1.807) is 62.4 Å². The Bertz CT molecular complexity index is 663. The second-order valence-electron chi connectivity index (χ2n) is 5.68. The van der Waals surface area contributed by atoms with Crippen molar-refractivity contribution in [1.82, 2.24) is 0 Å². The lowest BCUT2D eigenvalue weighted by Crippen LogP contribution is -2.23. The van der Waals surface area contributed by atoms with Crippen LogP contribution < -0.4 is 0 Å². The zero-order valence-electron chi connectivity index (χ0n) is 13.9. The molecule has 0 heterocycles. The van der Waals surface area contributed by atoms with Crippen molar-refractivity contribution >= 4 is 43.8 Å². The molecule has 0 bridgehead atoms. The minimum absolute atomic E-state index is 0.371. The number of rotatable bonds is 6. The van der Waals surface area contributed by atoms with Gasteiger partial charge in [0.05, 0.1) is 11.1 Å². The van der Waals surface area contributed by atoms with Crippen molar-refractivity contribution in [2.45, 2.75) is 32.5 Å². The maximum absolute atomic E-state index is 12.1. The van der Waals surface area contributed by atoms with Crippen LogP contribution in [0.3, 0.4) is 0 Å². The Hall–Kier alpha value is -1.66. The van der Waals surface area contributed by atoms with Crippen molar-refractivity contribution in [3.05, 3.63) is 68.6 Å². The quantitative estimate of drug-likeness (QED) is 0.532. The normalized spacial score (nSPS) is 13.0. The fraction of sp³-hybridized carbons (Fsp3) is 0.263. The summed E-state index contributed by atoms with van der Waals surface area (Å²) in [7, 11) is 0. The third-order valence-electron chi connectivity index (χ3n) is 3.44. The van der Waals surface area contributed by atoms with E-state index in [4.69, 9.17) is 9.47 Å². The predicted molar refractivity (Wildman–Crippen MR) is 103 cm³/mol. The van der Waals surface area contributed by atoms with E-state index in [0.717, 1.165) is 8.95 Å². The fourth-order valence-corrected chi connectivity index (χ4v) is 2.77. The van der Waals surface area contributed by atoms with Crippen molar-refractivity contribution < 1.29 is 19.1 Å². The Morgan fingerprint density at radius 3 is 1.40 bits per heavy atom. The van der Waals surface area contributed by atoms with E-state index in [-0.39, 0.29) is 12.2 Å². The van der Waals surface area contributed by atoms with Crippen molar-refractivity contribution in [3.8, 4) is 0 Å². The molecule has 6 heteroatoms. The van der Waals surface area contributed by atoms with Crippen LogP contribution in [0.5, 0.6) is 0 Å². The minimum Gasteiger partial charge on any atom is -0.459 e. The first-order chi connectivity index (χ1) is 11.8. The molecule has 4 nitrogen and oxygen atoms in total. The van der Waals surface area contributed by atoms with Gasteiger partial charge in [0.1, 0.15) is 12.2 Å². The topological polar surface area (TPSA) is 52.6 Å². The van der Waals surface area contributed by atoms with Crippen molar-refractivity contribution in [2.75, 3.05) is 0 Å². The first-order valence-electron chi connectivity index (χ1n) is 7.78. The van der Waals surface area contributed by atoms with Crippen LogP contribution in [0.15, 0.2) is 57.5 Å². The molecule has 2 unspecified atom stereocenters. The average Bonchev–Trinajstić information content (AvgIpc) is 2.55. The summed E-state index contributed by atoms with van der Waals surface area (Å²) in [5.74, 6) is -0.794. The summed E-state index contributed by atoms with van der Waals surface area (Å²) in [4.78, 5) is 24.1. The van der Waals surface area contributed by atoms with E-state index in [2.05, 4.69) is 31.9 Å². The zero-order chi connectivity index (χ0) is 18.4. The molecule has 0 aliphatic rings. The Morgan fingerprint density at radius 2 is 1.08 bits per heavy atom. The maximum Gasteiger partial charge on any atom is 0.338 e. The molecule has 0 amide bonds. The molecule has 2 aromatic carbocycles. The van der Waals surface area contributed by atoms with E-state index in [9.17, 15) is 9.59 Å². The summed E-state index contributed by atoms with van der Waals surface area (Å²) in [5, 5.41) is 0. The molecule has 0 aromatic heterocycles. The highest BCUT2D eigenvalue weighted by Gasteiger charge is 2.18. The summed E-state index contributed by atoms with van der Waals surface area (Å²) >= 11 is 6.64. The molecule has 25 heavy (non-hydrogen) atoms. The van der Waals surface area contributed by atoms with E-state index < -0.39 is 11.9 Å². The fourth-order valence-electron chi connectivity index (χ4n) is 2.24. The highest BCUT2D eigenvalue weighted by atomic mass is 79.9. The van der Waals surface area contributed by atoms with Crippen molar-refractivity contribution in [3.63, 3.8) is 0 Å². The van der Waals surface area contributed by atoms with Gasteiger partial charge in [-0.25, -0.2) is 9.59 Å². The molecular weight excluding hydrogens is 452 g/mol. The number of carbonyl (C=O) groups excluding carboxylic acids is 2. The van der Waals surface area contributed by atoms with Crippen molar-refractivity contribution in [2.24, 2.45) is 0 Å². The van der Waals surface area contributed by atoms with Gasteiger partial charge in [-0.2, -0.15) is 0 Å². The Balaban J connectivity index is 1.83. The van der Waals surface area contributed by atoms with Gasteiger partial charge in [-0.3, -0.25) is 0 Å². The summed E-state index contributed by atoms with van der Waals surface area (Å²) < 4.78 is 12.6. The standard InChI is InChI=1S/C19H18Br2O4/c1-12(24-18(22)14-3-7-16(20)8-4-14)11-13(2)25-19(23)15-5-9-17(21)10-6-15/h3-10,12-13H,11H2,1-2H3. The third-order valence-corrected chi connectivity index (χ3v) is 4.50. The second-order valence-corrected chi connectivity index (χ2v) is 7.51. The van der Waals surface area contributed by atoms with E-state index >= 15 is 0 Å². The molecule has 0 N–H and O–H groups in total. The number of benzene rings is 2. The molecule has 2 aromatic rings. The summed E-state index contributed by atoms with van der Waals surface area (Å²) in [5.41, 5.74) is 0.962.